The van der Waals surface area contributed by atoms with Crippen LogP contribution in [0.5, 0.6) is 0 Å². The minimum absolute atomic E-state index is 0.0293. The van der Waals surface area contributed by atoms with Crippen molar-refractivity contribution < 1.29 is 4.79 Å². The van der Waals surface area contributed by atoms with Gasteiger partial charge in [-0.05, 0) is 60.2 Å². The number of carbonyl (C=O) groups is 1. The van der Waals surface area contributed by atoms with Gasteiger partial charge in [0.25, 0.3) is 0 Å². The van der Waals surface area contributed by atoms with Crippen molar-refractivity contribution in [2.75, 3.05) is 11.4 Å². The Balaban J connectivity index is 1.30. The van der Waals surface area contributed by atoms with E-state index in [0.717, 1.165) is 28.2 Å². The lowest BCUT2D eigenvalue weighted by atomic mass is 10.0. The number of aromatic nitrogens is 2. The number of fused-ring (bicyclic) bond motifs is 1. The van der Waals surface area contributed by atoms with Gasteiger partial charge in [0.05, 0.1) is 23.4 Å². The average molecular weight is 401 g/mol. The lowest BCUT2D eigenvalue weighted by Crippen LogP contribution is -2.29. The van der Waals surface area contributed by atoms with E-state index < -0.39 is 0 Å². The highest BCUT2D eigenvalue weighted by atomic mass is 32.1. The quantitative estimate of drug-likeness (QED) is 0.479. The molecule has 144 valence electrons. The van der Waals surface area contributed by atoms with E-state index in [2.05, 4.69) is 51.7 Å². The third-order valence-corrected chi connectivity index (χ3v) is 7.14. The normalized spacial score (nSPS) is 19.1. The van der Waals surface area contributed by atoms with E-state index in [1.807, 2.05) is 34.4 Å². The summed E-state index contributed by atoms with van der Waals surface area (Å²) in [5.41, 5.74) is 5.07. The van der Waals surface area contributed by atoms with Crippen molar-refractivity contribution in [2.45, 2.75) is 24.8 Å². The zero-order valence-electron chi connectivity index (χ0n) is 15.8. The largest absolute Gasteiger partial charge is 0.345 e. The van der Waals surface area contributed by atoms with E-state index >= 15 is 0 Å². The number of carbonyl (C=O) groups excluding carboxylic acids is 1. The molecule has 1 unspecified atom stereocenters. The number of amides is 2. The van der Waals surface area contributed by atoms with Gasteiger partial charge in [-0.2, -0.15) is 0 Å². The number of imidazole rings is 1. The third kappa shape index (κ3) is 2.91. The van der Waals surface area contributed by atoms with Crippen LogP contribution in [-0.4, -0.2) is 22.5 Å². The number of H-pyrrole nitrogens is 1. The number of nitrogens with zero attached hydrogens (tertiary/aromatic N) is 2. The zero-order chi connectivity index (χ0) is 19.4. The fourth-order valence-electron chi connectivity index (χ4n) is 4.10. The minimum atomic E-state index is -0.0682. The first-order chi connectivity index (χ1) is 14.3. The van der Waals surface area contributed by atoms with Crippen LogP contribution in [0.4, 0.5) is 10.5 Å². The van der Waals surface area contributed by atoms with Crippen molar-refractivity contribution in [1.82, 2.24) is 15.3 Å². The monoisotopic (exact) mass is 400 g/mol. The van der Waals surface area contributed by atoms with Crippen molar-refractivity contribution in [3.63, 3.8) is 0 Å². The number of hydrogen-bond donors (Lipinski definition) is 2. The van der Waals surface area contributed by atoms with Crippen molar-refractivity contribution in [3.05, 3.63) is 71.4 Å². The van der Waals surface area contributed by atoms with Gasteiger partial charge in [-0.15, -0.1) is 11.3 Å². The van der Waals surface area contributed by atoms with Gasteiger partial charge in [-0.25, -0.2) is 9.78 Å². The molecular formula is C23H20N4OS. The van der Waals surface area contributed by atoms with Gasteiger partial charge in [0.1, 0.15) is 0 Å². The highest BCUT2D eigenvalue weighted by molar-refractivity contribution is 7.15. The summed E-state index contributed by atoms with van der Waals surface area (Å²) in [5, 5.41) is 2.99. The molecule has 1 aliphatic carbocycles. The molecule has 1 atom stereocenters. The molecular weight excluding hydrogens is 380 g/mol. The molecule has 2 amide bonds. The zero-order valence-corrected chi connectivity index (χ0v) is 16.6. The molecule has 0 bridgehead atoms. The highest BCUT2D eigenvalue weighted by Gasteiger charge is 2.33. The van der Waals surface area contributed by atoms with Crippen LogP contribution >= 0.6 is 11.3 Å². The first-order valence-corrected chi connectivity index (χ1v) is 10.8. The molecule has 1 saturated carbocycles. The molecule has 2 N–H and O–H groups in total. The number of nitrogens with one attached hydrogen (secondary N) is 2. The first-order valence-electron chi connectivity index (χ1n) is 9.96. The van der Waals surface area contributed by atoms with Gasteiger partial charge < -0.3 is 10.3 Å². The van der Waals surface area contributed by atoms with E-state index in [4.69, 9.17) is 0 Å². The fourth-order valence-corrected chi connectivity index (χ4v) is 5.28. The van der Waals surface area contributed by atoms with E-state index in [0.29, 0.717) is 6.54 Å². The number of benzene rings is 2. The van der Waals surface area contributed by atoms with E-state index in [1.54, 1.807) is 6.33 Å². The van der Waals surface area contributed by atoms with E-state index in [1.165, 1.54) is 28.2 Å². The predicted octanol–water partition coefficient (Wildman–Crippen LogP) is 5.44. The van der Waals surface area contributed by atoms with Crippen LogP contribution in [0.15, 0.2) is 60.9 Å². The number of thiophene rings is 1. The predicted molar refractivity (Wildman–Crippen MR) is 116 cm³/mol. The van der Waals surface area contributed by atoms with Crippen molar-refractivity contribution in [1.29, 1.82) is 0 Å². The van der Waals surface area contributed by atoms with Gasteiger partial charge in [0, 0.05) is 22.0 Å². The summed E-state index contributed by atoms with van der Waals surface area (Å²) in [6.45, 7) is 0.599. The van der Waals surface area contributed by atoms with Gasteiger partial charge >= 0.3 is 6.03 Å². The van der Waals surface area contributed by atoms with Gasteiger partial charge in [-0.3, -0.25) is 4.90 Å². The maximum absolute atomic E-state index is 12.6. The number of urea groups is 1. The van der Waals surface area contributed by atoms with Crippen LogP contribution in [0.25, 0.3) is 21.5 Å². The molecule has 29 heavy (non-hydrogen) atoms. The average Bonchev–Trinajstić information content (AvgIpc) is 3.15. The second-order valence-corrected chi connectivity index (χ2v) is 8.89. The summed E-state index contributed by atoms with van der Waals surface area (Å²) in [6.07, 6.45) is 4.34. The summed E-state index contributed by atoms with van der Waals surface area (Å²) in [4.78, 5) is 24.7. The molecule has 6 rings (SSSR count). The smallest absolute Gasteiger partial charge is 0.322 e. The van der Waals surface area contributed by atoms with Crippen LogP contribution in [0.2, 0.25) is 0 Å². The van der Waals surface area contributed by atoms with Crippen LogP contribution in [-0.2, 0) is 0 Å². The Bertz CT molecular complexity index is 1210. The molecule has 6 heteroatoms. The van der Waals surface area contributed by atoms with Crippen LogP contribution in [0.1, 0.15) is 35.2 Å². The Morgan fingerprint density at radius 1 is 1.03 bits per heavy atom. The lowest BCUT2D eigenvalue weighted by molar-refractivity contribution is 0.251. The molecule has 5 nitrogen and oxygen atoms in total. The Kier molecular flexibility index (Phi) is 3.74. The van der Waals surface area contributed by atoms with E-state index in [-0.39, 0.29) is 12.1 Å². The molecule has 2 aliphatic rings. The molecule has 1 aliphatic heterocycles. The second-order valence-electron chi connectivity index (χ2n) is 7.77. The van der Waals surface area contributed by atoms with Crippen LogP contribution in [0.3, 0.4) is 0 Å². The topological polar surface area (TPSA) is 61.0 Å². The molecule has 2 aromatic heterocycles. The molecule has 0 radical (unpaired) electrons. The Hall–Kier alpha value is -3.12. The number of rotatable bonds is 4. The Morgan fingerprint density at radius 2 is 1.90 bits per heavy atom. The Morgan fingerprint density at radius 3 is 2.72 bits per heavy atom. The summed E-state index contributed by atoms with van der Waals surface area (Å²) in [5.74, 6) is 0.795. The molecule has 3 heterocycles. The van der Waals surface area contributed by atoms with Crippen molar-refractivity contribution in [2.24, 2.45) is 0 Å². The summed E-state index contributed by atoms with van der Waals surface area (Å²) < 4.78 is 0. The fraction of sp³-hybridized carbons (Fsp3) is 0.217. The van der Waals surface area contributed by atoms with Crippen molar-refractivity contribution in [3.8, 4) is 10.4 Å². The summed E-state index contributed by atoms with van der Waals surface area (Å²) >= 11 is 1.91. The van der Waals surface area contributed by atoms with Crippen LogP contribution in [0, 0.1) is 0 Å². The molecule has 1 saturated heterocycles. The molecule has 2 aromatic carbocycles. The SMILES string of the molecule is O=C1NCC(c2ccc(-c3ccc(C4CC4)s3)cc2)N1c1ccc2[nH]cnc2c1. The Labute approximate surface area is 172 Å². The number of hydrogen-bond acceptors (Lipinski definition) is 3. The summed E-state index contributed by atoms with van der Waals surface area (Å²) in [7, 11) is 0. The maximum Gasteiger partial charge on any atom is 0.322 e. The maximum atomic E-state index is 12.6. The van der Waals surface area contributed by atoms with Crippen LogP contribution < -0.4 is 10.2 Å². The third-order valence-electron chi connectivity index (χ3n) is 5.85. The van der Waals surface area contributed by atoms with Gasteiger partial charge in [-0.1, -0.05) is 24.3 Å². The highest BCUT2D eigenvalue weighted by Crippen LogP contribution is 2.45. The van der Waals surface area contributed by atoms with Gasteiger partial charge in [0.2, 0.25) is 0 Å². The minimum Gasteiger partial charge on any atom is -0.345 e. The lowest BCUT2D eigenvalue weighted by Gasteiger charge is -2.23. The molecule has 2 fully saturated rings. The van der Waals surface area contributed by atoms with E-state index in [9.17, 15) is 4.79 Å². The molecule has 0 spiro atoms. The van der Waals surface area contributed by atoms with Crippen molar-refractivity contribution >= 4 is 34.1 Å². The standard InChI is InChI=1S/C23H20N4OS/c28-23-24-12-20(27(23)17-7-8-18-19(11-17)26-13-25-18)14-1-3-15(4-2-14)21-9-10-22(29-21)16-5-6-16/h1-4,7-11,13,16,20H,5-6,12H2,(H,24,28)(H,25,26). The number of aromatic amines is 1. The molecule has 4 aromatic rings. The second kappa shape index (κ2) is 6.46. The van der Waals surface area contributed by atoms with Gasteiger partial charge in [0.15, 0.2) is 0 Å². The number of anilines is 1. The first kappa shape index (κ1) is 16.8. The summed E-state index contributed by atoms with van der Waals surface area (Å²) in [6, 6.07) is 19.0.